The minimum Gasteiger partial charge on any atom is -0.493 e. The Morgan fingerprint density at radius 2 is 1.71 bits per heavy atom. The molecular weight excluding hydrogens is 466 g/mol. The van der Waals surface area contributed by atoms with Crippen LogP contribution in [-0.4, -0.2) is 42.5 Å². The maximum Gasteiger partial charge on any atom is 0.266 e. The van der Waals surface area contributed by atoms with E-state index in [2.05, 4.69) is 5.32 Å². The van der Waals surface area contributed by atoms with E-state index in [9.17, 15) is 9.59 Å². The Morgan fingerprint density at radius 1 is 0.971 bits per heavy atom. The van der Waals surface area contributed by atoms with E-state index in [1.54, 1.807) is 6.07 Å². The predicted molar refractivity (Wildman–Crippen MR) is 138 cm³/mol. The molecule has 0 spiro atoms. The van der Waals surface area contributed by atoms with E-state index in [0.29, 0.717) is 38.9 Å². The van der Waals surface area contributed by atoms with Gasteiger partial charge in [-0.2, -0.15) is 0 Å². The Kier molecular flexibility index (Phi) is 7.26. The molecule has 0 atom stereocenters. The number of amides is 1. The molecule has 0 saturated heterocycles. The van der Waals surface area contributed by atoms with Crippen molar-refractivity contribution in [3.05, 3.63) is 76.6 Å². The standard InChI is InChI=1S/C26H25N3O5S/c1-16-9-8-10-17(13-16)27-21(30)15-35-26-28-22-19(14-20(32-2)23(33-3)24(22)34-4)25(31)29(26)18-11-6-5-7-12-18/h5-14H,15H2,1-4H3,(H,27,30). The molecule has 1 amide bonds. The highest BCUT2D eigenvalue weighted by Crippen LogP contribution is 2.42. The predicted octanol–water partition coefficient (Wildman–Crippen LogP) is 4.45. The lowest BCUT2D eigenvalue weighted by molar-refractivity contribution is -0.113. The second-order valence-electron chi connectivity index (χ2n) is 7.62. The maximum absolute atomic E-state index is 13.7. The molecular formula is C26H25N3O5S. The van der Waals surface area contributed by atoms with Gasteiger partial charge in [0.05, 0.1) is 38.2 Å². The number of nitrogens with one attached hydrogen (secondary N) is 1. The number of anilines is 1. The van der Waals surface area contributed by atoms with Crippen molar-refractivity contribution in [2.45, 2.75) is 12.1 Å². The number of carbonyl (C=O) groups is 1. The Hall–Kier alpha value is -3.98. The summed E-state index contributed by atoms with van der Waals surface area (Å²) in [5, 5.41) is 3.53. The van der Waals surface area contributed by atoms with Crippen LogP contribution in [0.4, 0.5) is 5.69 Å². The second kappa shape index (κ2) is 10.5. The number of benzene rings is 3. The number of rotatable bonds is 8. The largest absolute Gasteiger partial charge is 0.493 e. The van der Waals surface area contributed by atoms with Crippen LogP contribution in [0.5, 0.6) is 17.2 Å². The number of thioether (sulfide) groups is 1. The fourth-order valence-electron chi connectivity index (χ4n) is 3.72. The van der Waals surface area contributed by atoms with Gasteiger partial charge in [-0.15, -0.1) is 0 Å². The van der Waals surface area contributed by atoms with Crippen molar-refractivity contribution in [2.75, 3.05) is 32.4 Å². The van der Waals surface area contributed by atoms with Crippen LogP contribution in [0.15, 0.2) is 70.6 Å². The lowest BCUT2D eigenvalue weighted by atomic mass is 10.2. The summed E-state index contributed by atoms with van der Waals surface area (Å²) in [5.41, 5.74) is 2.38. The van der Waals surface area contributed by atoms with E-state index in [0.717, 1.165) is 17.3 Å². The van der Waals surface area contributed by atoms with Crippen LogP contribution < -0.4 is 25.1 Å². The summed E-state index contributed by atoms with van der Waals surface area (Å²) in [7, 11) is 4.45. The third-order valence-electron chi connectivity index (χ3n) is 5.28. The van der Waals surface area contributed by atoms with Gasteiger partial charge in [-0.25, -0.2) is 4.98 Å². The topological polar surface area (TPSA) is 91.7 Å². The van der Waals surface area contributed by atoms with E-state index in [-0.39, 0.29) is 23.0 Å². The second-order valence-corrected chi connectivity index (χ2v) is 8.56. The number of fused-ring (bicyclic) bond motifs is 1. The Balaban J connectivity index is 1.81. The van der Waals surface area contributed by atoms with Gasteiger partial charge in [-0.1, -0.05) is 42.1 Å². The summed E-state index contributed by atoms with van der Waals surface area (Å²) in [6.07, 6.45) is 0. The Bertz CT molecular complexity index is 1440. The summed E-state index contributed by atoms with van der Waals surface area (Å²) in [6.45, 7) is 1.96. The van der Waals surface area contributed by atoms with Gasteiger partial charge in [-0.3, -0.25) is 14.2 Å². The SMILES string of the molecule is COc1cc2c(=O)n(-c3ccccc3)c(SCC(=O)Nc3cccc(C)c3)nc2c(OC)c1OC. The number of ether oxygens (including phenoxy) is 3. The van der Waals surface area contributed by atoms with Crippen molar-refractivity contribution in [1.29, 1.82) is 0 Å². The lowest BCUT2D eigenvalue weighted by Crippen LogP contribution is -2.23. The first-order valence-corrected chi connectivity index (χ1v) is 11.8. The van der Waals surface area contributed by atoms with E-state index in [1.165, 1.54) is 25.9 Å². The van der Waals surface area contributed by atoms with Crippen molar-refractivity contribution < 1.29 is 19.0 Å². The van der Waals surface area contributed by atoms with Gasteiger partial charge in [0.1, 0.15) is 5.52 Å². The Morgan fingerprint density at radius 3 is 2.37 bits per heavy atom. The third-order valence-corrected chi connectivity index (χ3v) is 6.22. The molecule has 1 N–H and O–H groups in total. The fourth-order valence-corrected chi connectivity index (χ4v) is 4.53. The average Bonchev–Trinajstić information content (AvgIpc) is 2.87. The summed E-state index contributed by atoms with van der Waals surface area (Å²) in [6, 6.07) is 18.3. The molecule has 0 aliphatic heterocycles. The van der Waals surface area contributed by atoms with Crippen LogP contribution in [0.1, 0.15) is 5.56 Å². The van der Waals surface area contributed by atoms with Gasteiger partial charge >= 0.3 is 0 Å². The van der Waals surface area contributed by atoms with Crippen molar-refractivity contribution in [3.8, 4) is 22.9 Å². The minimum absolute atomic E-state index is 0.0499. The molecule has 0 unspecified atom stereocenters. The van der Waals surface area contributed by atoms with Gasteiger partial charge in [0.25, 0.3) is 5.56 Å². The molecule has 0 saturated carbocycles. The lowest BCUT2D eigenvalue weighted by Gasteiger charge is -2.17. The number of para-hydroxylation sites is 1. The first-order valence-electron chi connectivity index (χ1n) is 10.8. The number of aryl methyl sites for hydroxylation is 1. The van der Waals surface area contributed by atoms with Crippen molar-refractivity contribution in [3.63, 3.8) is 0 Å². The highest BCUT2D eigenvalue weighted by Gasteiger charge is 2.23. The first kappa shape index (κ1) is 24.2. The molecule has 1 aromatic heterocycles. The molecule has 8 nitrogen and oxygen atoms in total. The molecule has 180 valence electrons. The fraction of sp³-hybridized carbons (Fsp3) is 0.192. The number of aromatic nitrogens is 2. The van der Waals surface area contributed by atoms with E-state index in [1.807, 2.05) is 61.5 Å². The molecule has 0 fully saturated rings. The van der Waals surface area contributed by atoms with E-state index < -0.39 is 0 Å². The van der Waals surface area contributed by atoms with Gasteiger partial charge in [0.2, 0.25) is 11.7 Å². The summed E-state index contributed by atoms with van der Waals surface area (Å²) in [5.74, 6) is 0.807. The van der Waals surface area contributed by atoms with Crippen LogP contribution in [0.25, 0.3) is 16.6 Å². The summed E-state index contributed by atoms with van der Waals surface area (Å²) >= 11 is 1.16. The summed E-state index contributed by atoms with van der Waals surface area (Å²) in [4.78, 5) is 31.2. The van der Waals surface area contributed by atoms with Crippen LogP contribution >= 0.6 is 11.8 Å². The smallest absolute Gasteiger partial charge is 0.266 e. The van der Waals surface area contributed by atoms with Crippen LogP contribution in [0.3, 0.4) is 0 Å². The molecule has 35 heavy (non-hydrogen) atoms. The third kappa shape index (κ3) is 4.95. The Labute approximate surface area is 206 Å². The van der Waals surface area contributed by atoms with Crippen LogP contribution in [0.2, 0.25) is 0 Å². The van der Waals surface area contributed by atoms with Gasteiger partial charge < -0.3 is 19.5 Å². The molecule has 0 bridgehead atoms. The molecule has 1 heterocycles. The molecule has 3 aromatic carbocycles. The molecule has 0 radical (unpaired) electrons. The number of hydrogen-bond donors (Lipinski definition) is 1. The molecule has 0 aliphatic rings. The average molecular weight is 492 g/mol. The normalized spacial score (nSPS) is 10.7. The number of nitrogens with zero attached hydrogens (tertiary/aromatic N) is 2. The van der Waals surface area contributed by atoms with Gasteiger partial charge in [-0.05, 0) is 42.8 Å². The van der Waals surface area contributed by atoms with Gasteiger partial charge in [0, 0.05) is 5.69 Å². The van der Waals surface area contributed by atoms with Gasteiger partial charge in [0.15, 0.2) is 16.7 Å². The maximum atomic E-state index is 13.7. The minimum atomic E-state index is -0.318. The number of carbonyl (C=O) groups excluding carboxylic acids is 1. The van der Waals surface area contributed by atoms with Crippen molar-refractivity contribution in [1.82, 2.24) is 9.55 Å². The first-order chi connectivity index (χ1) is 17.0. The number of methoxy groups -OCH3 is 3. The van der Waals surface area contributed by atoms with Crippen LogP contribution in [0, 0.1) is 6.92 Å². The number of hydrogen-bond acceptors (Lipinski definition) is 7. The van der Waals surface area contributed by atoms with Crippen molar-refractivity contribution in [2.24, 2.45) is 0 Å². The monoisotopic (exact) mass is 491 g/mol. The highest BCUT2D eigenvalue weighted by atomic mass is 32.2. The van der Waals surface area contributed by atoms with E-state index >= 15 is 0 Å². The highest BCUT2D eigenvalue weighted by molar-refractivity contribution is 7.99. The van der Waals surface area contributed by atoms with Crippen LogP contribution in [-0.2, 0) is 4.79 Å². The summed E-state index contributed by atoms with van der Waals surface area (Å²) < 4.78 is 17.9. The molecule has 4 aromatic rings. The zero-order valence-electron chi connectivity index (χ0n) is 19.8. The van der Waals surface area contributed by atoms with Crippen molar-refractivity contribution >= 4 is 34.3 Å². The van der Waals surface area contributed by atoms with E-state index in [4.69, 9.17) is 19.2 Å². The molecule has 4 rings (SSSR count). The molecule has 9 heteroatoms. The zero-order chi connectivity index (χ0) is 24.9. The molecule has 0 aliphatic carbocycles. The zero-order valence-corrected chi connectivity index (χ0v) is 20.6. The quantitative estimate of drug-likeness (QED) is 0.288.